The molecule has 1 aromatic carbocycles. The van der Waals surface area contributed by atoms with Crippen LogP contribution in [-0.2, 0) is 4.79 Å². The van der Waals surface area contributed by atoms with Crippen LogP contribution in [0.5, 0.6) is 5.75 Å². The van der Waals surface area contributed by atoms with Crippen molar-refractivity contribution >= 4 is 5.97 Å². The largest absolute Gasteiger partial charge is 0.494 e. The van der Waals surface area contributed by atoms with E-state index >= 15 is 0 Å². The summed E-state index contributed by atoms with van der Waals surface area (Å²) in [6.45, 7) is 6.57. The molecule has 162 valence electrons. The number of benzene rings is 1. The van der Waals surface area contributed by atoms with Gasteiger partial charge in [-0.3, -0.25) is 0 Å². The first kappa shape index (κ1) is 23.5. The van der Waals surface area contributed by atoms with Crippen LogP contribution >= 0.6 is 0 Å². The maximum atomic E-state index is 10.7. The number of carboxylic acids is 1. The quantitative estimate of drug-likeness (QED) is 0.259. The molecule has 0 aromatic heterocycles. The van der Waals surface area contributed by atoms with Crippen LogP contribution in [0, 0.1) is 5.92 Å². The summed E-state index contributed by atoms with van der Waals surface area (Å²) in [5.41, 5.74) is 1.79. The summed E-state index contributed by atoms with van der Waals surface area (Å²) in [5, 5.41) is 8.78. The number of rotatable bonds is 14. The highest BCUT2D eigenvalue weighted by atomic mass is 16.5. The molecule has 0 radical (unpaired) electrons. The topological polar surface area (TPSA) is 46.5 Å². The van der Waals surface area contributed by atoms with Crippen molar-refractivity contribution in [1.29, 1.82) is 0 Å². The van der Waals surface area contributed by atoms with Crippen molar-refractivity contribution in [3.05, 3.63) is 42.0 Å². The SMILES string of the molecule is C=C(CCCCCCOc1ccc(C2CCC(CCCCC)CC2)cc1)C(=O)O. The van der Waals surface area contributed by atoms with Crippen molar-refractivity contribution in [3.8, 4) is 5.75 Å². The highest BCUT2D eigenvalue weighted by Crippen LogP contribution is 2.38. The van der Waals surface area contributed by atoms with Gasteiger partial charge in [-0.2, -0.15) is 0 Å². The lowest BCUT2D eigenvalue weighted by Gasteiger charge is -2.29. The molecule has 0 saturated heterocycles. The van der Waals surface area contributed by atoms with Crippen LogP contribution in [0.2, 0.25) is 0 Å². The van der Waals surface area contributed by atoms with Crippen LogP contribution in [-0.4, -0.2) is 17.7 Å². The molecule has 1 N–H and O–H groups in total. The van der Waals surface area contributed by atoms with Gasteiger partial charge in [0, 0.05) is 5.57 Å². The van der Waals surface area contributed by atoms with Gasteiger partial charge in [-0.1, -0.05) is 64.2 Å². The van der Waals surface area contributed by atoms with Gasteiger partial charge in [0.05, 0.1) is 6.61 Å². The van der Waals surface area contributed by atoms with Crippen molar-refractivity contribution in [3.63, 3.8) is 0 Å². The van der Waals surface area contributed by atoms with Crippen molar-refractivity contribution in [1.82, 2.24) is 0 Å². The van der Waals surface area contributed by atoms with Gasteiger partial charge in [-0.25, -0.2) is 4.79 Å². The molecular formula is C26H40O3. The molecule has 1 saturated carbocycles. The Bertz CT molecular complexity index is 597. The van der Waals surface area contributed by atoms with Gasteiger partial charge in [0.1, 0.15) is 5.75 Å². The third-order valence-electron chi connectivity index (χ3n) is 6.36. The van der Waals surface area contributed by atoms with E-state index in [1.165, 1.54) is 56.9 Å². The normalized spacial score (nSPS) is 19.1. The second kappa shape index (κ2) is 13.5. The lowest BCUT2D eigenvalue weighted by atomic mass is 9.77. The first-order valence-electron chi connectivity index (χ1n) is 11.7. The number of carbonyl (C=O) groups is 1. The van der Waals surface area contributed by atoms with E-state index in [0.29, 0.717) is 12.0 Å². The van der Waals surface area contributed by atoms with E-state index in [2.05, 4.69) is 37.8 Å². The first-order chi connectivity index (χ1) is 14.1. The monoisotopic (exact) mass is 400 g/mol. The third kappa shape index (κ3) is 9.06. The van der Waals surface area contributed by atoms with Crippen LogP contribution in [0.25, 0.3) is 0 Å². The Morgan fingerprint density at radius 2 is 1.69 bits per heavy atom. The predicted molar refractivity (Wildman–Crippen MR) is 121 cm³/mol. The summed E-state index contributed by atoms with van der Waals surface area (Å²) >= 11 is 0. The molecule has 29 heavy (non-hydrogen) atoms. The molecule has 2 rings (SSSR count). The zero-order valence-electron chi connectivity index (χ0n) is 18.3. The van der Waals surface area contributed by atoms with E-state index in [1.54, 1.807) is 0 Å². The Morgan fingerprint density at radius 1 is 1.00 bits per heavy atom. The van der Waals surface area contributed by atoms with Crippen LogP contribution in [0.4, 0.5) is 0 Å². The number of hydrogen-bond donors (Lipinski definition) is 1. The number of unbranched alkanes of at least 4 members (excludes halogenated alkanes) is 5. The lowest BCUT2D eigenvalue weighted by molar-refractivity contribution is -0.132. The smallest absolute Gasteiger partial charge is 0.330 e. The fourth-order valence-electron chi connectivity index (χ4n) is 4.39. The van der Waals surface area contributed by atoms with Crippen LogP contribution in [0.1, 0.15) is 102 Å². The molecule has 0 aliphatic heterocycles. The predicted octanol–water partition coefficient (Wildman–Crippen LogP) is 7.51. The minimum absolute atomic E-state index is 0.311. The van der Waals surface area contributed by atoms with E-state index in [9.17, 15) is 4.79 Å². The van der Waals surface area contributed by atoms with Crippen molar-refractivity contribution in [2.24, 2.45) is 5.92 Å². The fraction of sp³-hybridized carbons (Fsp3) is 0.654. The zero-order chi connectivity index (χ0) is 20.9. The molecule has 1 aliphatic rings. The van der Waals surface area contributed by atoms with Crippen LogP contribution < -0.4 is 4.74 Å². The molecule has 3 heteroatoms. The highest BCUT2D eigenvalue weighted by Gasteiger charge is 2.22. The molecule has 0 spiro atoms. The zero-order valence-corrected chi connectivity index (χ0v) is 18.3. The van der Waals surface area contributed by atoms with Gasteiger partial charge in [0.25, 0.3) is 0 Å². The second-order valence-corrected chi connectivity index (χ2v) is 8.70. The molecule has 0 bridgehead atoms. The second-order valence-electron chi connectivity index (χ2n) is 8.70. The standard InChI is InChI=1S/C26H40O3/c1-3-4-7-11-22-12-14-23(15-13-22)24-16-18-25(19-17-24)29-20-9-6-5-8-10-21(2)26(27)28/h16-19,22-23H,2-15,20H2,1H3,(H,27,28). The molecular weight excluding hydrogens is 360 g/mol. The van der Waals surface area contributed by atoms with Gasteiger partial charge in [-0.05, 0) is 74.5 Å². The summed E-state index contributed by atoms with van der Waals surface area (Å²) in [7, 11) is 0. The van der Waals surface area contributed by atoms with Crippen LogP contribution in [0.3, 0.4) is 0 Å². The number of carboxylic acid groups (broad SMARTS) is 1. The van der Waals surface area contributed by atoms with Gasteiger partial charge >= 0.3 is 5.97 Å². The highest BCUT2D eigenvalue weighted by molar-refractivity contribution is 5.85. The Kier molecular flexibility index (Phi) is 10.9. The summed E-state index contributed by atoms with van der Waals surface area (Å²) in [5.74, 6) is 1.77. The number of aliphatic carboxylic acids is 1. The van der Waals surface area contributed by atoms with Gasteiger partial charge < -0.3 is 9.84 Å². The summed E-state index contributed by atoms with van der Waals surface area (Å²) in [6.07, 6.45) is 15.6. The molecule has 0 amide bonds. The molecule has 3 nitrogen and oxygen atoms in total. The number of hydrogen-bond acceptors (Lipinski definition) is 2. The average molecular weight is 401 g/mol. The van der Waals surface area contributed by atoms with E-state index in [-0.39, 0.29) is 0 Å². The van der Waals surface area contributed by atoms with Crippen molar-refractivity contribution in [2.75, 3.05) is 6.61 Å². The summed E-state index contributed by atoms with van der Waals surface area (Å²) in [4.78, 5) is 10.7. The van der Waals surface area contributed by atoms with Gasteiger partial charge in [-0.15, -0.1) is 0 Å². The van der Waals surface area contributed by atoms with Crippen molar-refractivity contribution in [2.45, 2.75) is 96.3 Å². The van der Waals surface area contributed by atoms with Gasteiger partial charge in [0.2, 0.25) is 0 Å². The minimum atomic E-state index is -0.878. The van der Waals surface area contributed by atoms with Gasteiger partial charge in [0.15, 0.2) is 0 Å². The Hall–Kier alpha value is -1.77. The third-order valence-corrected chi connectivity index (χ3v) is 6.36. The molecule has 0 heterocycles. The van der Waals surface area contributed by atoms with E-state index < -0.39 is 5.97 Å². The number of ether oxygens (including phenoxy) is 1. The van der Waals surface area contributed by atoms with E-state index in [1.807, 2.05) is 0 Å². The Morgan fingerprint density at radius 3 is 2.34 bits per heavy atom. The van der Waals surface area contributed by atoms with Crippen LogP contribution in [0.15, 0.2) is 36.4 Å². The van der Waals surface area contributed by atoms with Crippen molar-refractivity contribution < 1.29 is 14.6 Å². The fourth-order valence-corrected chi connectivity index (χ4v) is 4.39. The maximum Gasteiger partial charge on any atom is 0.330 e. The molecule has 0 atom stereocenters. The molecule has 0 unspecified atom stereocenters. The van der Waals surface area contributed by atoms with E-state index in [4.69, 9.17) is 9.84 Å². The average Bonchev–Trinajstić information content (AvgIpc) is 2.74. The molecule has 1 aliphatic carbocycles. The summed E-state index contributed by atoms with van der Waals surface area (Å²) in [6, 6.07) is 8.77. The minimum Gasteiger partial charge on any atom is -0.494 e. The first-order valence-corrected chi connectivity index (χ1v) is 11.7. The van der Waals surface area contributed by atoms with E-state index in [0.717, 1.165) is 49.9 Å². The Labute approximate surface area is 177 Å². The lowest BCUT2D eigenvalue weighted by Crippen LogP contribution is -2.13. The summed E-state index contributed by atoms with van der Waals surface area (Å²) < 4.78 is 5.87. The Balaban J connectivity index is 1.58. The molecule has 1 fully saturated rings. The molecule has 1 aromatic rings. The maximum absolute atomic E-state index is 10.7.